The molecule has 1 aliphatic carbocycles. The molecule has 0 saturated carbocycles. The Bertz CT molecular complexity index is 900. The highest BCUT2D eigenvalue weighted by Crippen LogP contribution is 2.35. The molecule has 0 atom stereocenters. The van der Waals surface area contributed by atoms with E-state index in [2.05, 4.69) is 16.5 Å². The lowest BCUT2D eigenvalue weighted by Crippen LogP contribution is -2.24. The Morgan fingerprint density at radius 3 is 2.75 bits per heavy atom. The highest BCUT2D eigenvalue weighted by molar-refractivity contribution is 5.95. The minimum Gasteiger partial charge on any atom is -0.355 e. The number of nitrogens with zero attached hydrogens (tertiary/aromatic N) is 1. The largest absolute Gasteiger partial charge is 0.355 e. The van der Waals surface area contributed by atoms with Gasteiger partial charge in [-0.05, 0) is 36.1 Å². The van der Waals surface area contributed by atoms with Crippen molar-refractivity contribution >= 4 is 5.91 Å². The Hall–Kier alpha value is -2.95. The van der Waals surface area contributed by atoms with Crippen LogP contribution in [0.3, 0.4) is 0 Å². The van der Waals surface area contributed by atoms with E-state index in [1.165, 1.54) is 17.7 Å². The van der Waals surface area contributed by atoms with E-state index in [1.807, 2.05) is 18.2 Å². The van der Waals surface area contributed by atoms with Crippen LogP contribution in [0.5, 0.6) is 0 Å². The van der Waals surface area contributed by atoms with Gasteiger partial charge in [-0.15, -0.1) is 0 Å². The van der Waals surface area contributed by atoms with E-state index in [0.29, 0.717) is 18.0 Å². The van der Waals surface area contributed by atoms with Crippen molar-refractivity contribution in [3.63, 3.8) is 0 Å². The van der Waals surface area contributed by atoms with E-state index in [1.54, 1.807) is 12.1 Å². The Morgan fingerprint density at radius 1 is 1.12 bits per heavy atom. The topological polar surface area (TPSA) is 55.1 Å². The summed E-state index contributed by atoms with van der Waals surface area (Å²) in [5, 5.41) is 6.79. The van der Waals surface area contributed by atoms with Crippen molar-refractivity contribution in [1.29, 1.82) is 0 Å². The van der Waals surface area contributed by atoms with E-state index in [-0.39, 0.29) is 11.7 Å². The van der Waals surface area contributed by atoms with Crippen LogP contribution in [-0.2, 0) is 19.4 Å². The maximum absolute atomic E-state index is 12.9. The molecule has 1 N–H and O–H groups in total. The van der Waals surface area contributed by atoms with Crippen LogP contribution in [0.25, 0.3) is 11.3 Å². The van der Waals surface area contributed by atoms with E-state index >= 15 is 0 Å². The van der Waals surface area contributed by atoms with Crippen molar-refractivity contribution in [2.75, 3.05) is 0 Å². The standard InChI is InChI=1S/C19H15FN2O2/c20-14-8-5-12(6-9-14)11-21-19(23)17-16-10-7-13-3-1-2-4-15(13)18(16)24-22-17/h1-6,8-9H,7,10-11H2,(H,21,23). The normalized spacial score (nSPS) is 12.4. The second-order valence-electron chi connectivity index (χ2n) is 5.81. The van der Waals surface area contributed by atoms with Crippen LogP contribution < -0.4 is 5.32 Å². The minimum atomic E-state index is -0.297. The molecule has 0 bridgehead atoms. The number of fused-ring (bicyclic) bond motifs is 3. The lowest BCUT2D eigenvalue weighted by molar-refractivity contribution is 0.0941. The van der Waals surface area contributed by atoms with Gasteiger partial charge in [0.05, 0.1) is 0 Å². The van der Waals surface area contributed by atoms with Crippen LogP contribution in [0.2, 0.25) is 0 Å². The summed E-state index contributed by atoms with van der Waals surface area (Å²) in [7, 11) is 0. The lowest BCUT2D eigenvalue weighted by Gasteiger charge is -2.14. The summed E-state index contributed by atoms with van der Waals surface area (Å²) < 4.78 is 18.4. The predicted octanol–water partition coefficient (Wildman–Crippen LogP) is 3.51. The average Bonchev–Trinajstić information content (AvgIpc) is 3.05. The Morgan fingerprint density at radius 2 is 1.92 bits per heavy atom. The molecular weight excluding hydrogens is 307 g/mol. The van der Waals surface area contributed by atoms with Gasteiger partial charge in [-0.25, -0.2) is 4.39 Å². The Kier molecular flexibility index (Phi) is 3.61. The van der Waals surface area contributed by atoms with Crippen LogP contribution in [0, 0.1) is 5.82 Å². The summed E-state index contributed by atoms with van der Waals surface area (Å²) in [5.74, 6) is 0.113. The fourth-order valence-electron chi connectivity index (χ4n) is 3.02. The summed E-state index contributed by atoms with van der Waals surface area (Å²) in [6.07, 6.45) is 1.60. The quantitative estimate of drug-likeness (QED) is 0.803. The second-order valence-corrected chi connectivity index (χ2v) is 5.81. The van der Waals surface area contributed by atoms with Gasteiger partial charge in [0.2, 0.25) is 0 Å². The average molecular weight is 322 g/mol. The van der Waals surface area contributed by atoms with Crippen molar-refractivity contribution in [3.8, 4) is 11.3 Å². The minimum absolute atomic E-state index is 0.274. The first-order valence-corrected chi connectivity index (χ1v) is 7.82. The molecule has 0 fully saturated rings. The van der Waals surface area contributed by atoms with Gasteiger partial charge in [0, 0.05) is 17.7 Å². The van der Waals surface area contributed by atoms with E-state index < -0.39 is 0 Å². The Labute approximate surface area is 138 Å². The maximum atomic E-state index is 12.9. The van der Waals surface area contributed by atoms with Crippen LogP contribution in [0.1, 0.15) is 27.2 Å². The number of carbonyl (C=O) groups excluding carboxylic acids is 1. The molecule has 4 nitrogen and oxygen atoms in total. The first-order valence-electron chi connectivity index (χ1n) is 7.82. The predicted molar refractivity (Wildman–Crippen MR) is 86.9 cm³/mol. The van der Waals surface area contributed by atoms with Gasteiger partial charge in [0.1, 0.15) is 5.82 Å². The summed E-state index contributed by atoms with van der Waals surface area (Å²) >= 11 is 0. The van der Waals surface area contributed by atoms with Crippen molar-refractivity contribution in [3.05, 3.63) is 76.7 Å². The fraction of sp³-hybridized carbons (Fsp3) is 0.158. The number of nitrogens with one attached hydrogen (secondary N) is 1. The van der Waals surface area contributed by atoms with Gasteiger partial charge in [0.15, 0.2) is 11.5 Å². The van der Waals surface area contributed by atoms with Gasteiger partial charge in [-0.3, -0.25) is 4.79 Å². The number of rotatable bonds is 3. The number of aromatic nitrogens is 1. The number of hydrogen-bond acceptors (Lipinski definition) is 3. The Balaban J connectivity index is 1.55. The van der Waals surface area contributed by atoms with Gasteiger partial charge < -0.3 is 9.84 Å². The lowest BCUT2D eigenvalue weighted by atomic mass is 9.89. The zero-order valence-corrected chi connectivity index (χ0v) is 12.9. The molecule has 0 spiro atoms. The van der Waals surface area contributed by atoms with Crippen molar-refractivity contribution in [1.82, 2.24) is 10.5 Å². The first kappa shape index (κ1) is 14.6. The zero-order valence-electron chi connectivity index (χ0n) is 12.9. The molecule has 1 amide bonds. The molecule has 0 unspecified atom stereocenters. The van der Waals surface area contributed by atoms with Crippen LogP contribution in [0.15, 0.2) is 53.1 Å². The zero-order chi connectivity index (χ0) is 16.5. The van der Waals surface area contributed by atoms with Crippen LogP contribution >= 0.6 is 0 Å². The van der Waals surface area contributed by atoms with Gasteiger partial charge >= 0.3 is 0 Å². The van der Waals surface area contributed by atoms with E-state index in [0.717, 1.165) is 29.5 Å². The van der Waals surface area contributed by atoms with Gasteiger partial charge in [-0.2, -0.15) is 0 Å². The van der Waals surface area contributed by atoms with Crippen LogP contribution in [-0.4, -0.2) is 11.1 Å². The molecule has 5 heteroatoms. The molecule has 120 valence electrons. The molecule has 0 radical (unpaired) electrons. The monoisotopic (exact) mass is 322 g/mol. The molecule has 2 aromatic carbocycles. The number of halogens is 1. The smallest absolute Gasteiger partial charge is 0.274 e. The molecule has 4 rings (SSSR count). The van der Waals surface area contributed by atoms with E-state index in [4.69, 9.17) is 4.52 Å². The number of carbonyl (C=O) groups is 1. The summed E-state index contributed by atoms with van der Waals surface area (Å²) in [6, 6.07) is 14.0. The number of benzene rings is 2. The molecule has 1 aromatic heterocycles. The summed E-state index contributed by atoms with van der Waals surface area (Å²) in [5.41, 5.74) is 4.22. The summed E-state index contributed by atoms with van der Waals surface area (Å²) in [6.45, 7) is 0.317. The highest BCUT2D eigenvalue weighted by atomic mass is 19.1. The van der Waals surface area contributed by atoms with Gasteiger partial charge in [0.25, 0.3) is 5.91 Å². The molecule has 3 aromatic rings. The number of hydrogen-bond donors (Lipinski definition) is 1. The van der Waals surface area contributed by atoms with Gasteiger partial charge in [-0.1, -0.05) is 41.6 Å². The second kappa shape index (κ2) is 5.92. The third-order valence-electron chi connectivity index (χ3n) is 4.28. The van der Waals surface area contributed by atoms with Crippen molar-refractivity contribution in [2.45, 2.75) is 19.4 Å². The molecule has 0 saturated heterocycles. The van der Waals surface area contributed by atoms with E-state index in [9.17, 15) is 9.18 Å². The first-order chi connectivity index (χ1) is 11.7. The summed E-state index contributed by atoms with van der Waals surface area (Å²) in [4.78, 5) is 12.4. The third kappa shape index (κ3) is 2.58. The highest BCUT2D eigenvalue weighted by Gasteiger charge is 2.27. The maximum Gasteiger partial charge on any atom is 0.274 e. The van der Waals surface area contributed by atoms with Crippen molar-refractivity contribution in [2.24, 2.45) is 0 Å². The number of aryl methyl sites for hydroxylation is 1. The van der Waals surface area contributed by atoms with Crippen molar-refractivity contribution < 1.29 is 13.7 Å². The molecule has 1 aliphatic rings. The third-order valence-corrected chi connectivity index (χ3v) is 4.28. The van der Waals surface area contributed by atoms with Crippen LogP contribution in [0.4, 0.5) is 4.39 Å². The SMILES string of the molecule is O=C(NCc1ccc(F)cc1)c1noc2c1CCc1ccccc1-2. The molecule has 0 aliphatic heterocycles. The fourth-order valence-corrected chi connectivity index (χ4v) is 3.02. The number of amides is 1. The molecule has 24 heavy (non-hydrogen) atoms. The molecular formula is C19H15FN2O2. The molecule has 1 heterocycles.